The van der Waals surface area contributed by atoms with Crippen LogP contribution in [0.25, 0.3) is 10.8 Å². The van der Waals surface area contributed by atoms with Gasteiger partial charge in [0, 0.05) is 5.56 Å². The summed E-state index contributed by atoms with van der Waals surface area (Å²) in [7, 11) is 0. The maximum atomic E-state index is 12.4. The number of benzene rings is 1. The summed E-state index contributed by atoms with van der Waals surface area (Å²) in [4.78, 5) is 24.5. The van der Waals surface area contributed by atoms with Crippen LogP contribution in [-0.2, 0) is 5.54 Å². The number of fused-ring (bicyclic) bond motifs is 1. The Morgan fingerprint density at radius 1 is 1.32 bits per heavy atom. The normalized spacial score (nSPS) is 12.1. The summed E-state index contributed by atoms with van der Waals surface area (Å²) >= 11 is 6.05. The number of nitrogens with one attached hydrogen (secondary N) is 1. The molecule has 0 saturated carbocycles. The third kappa shape index (κ3) is 2.04. The summed E-state index contributed by atoms with van der Waals surface area (Å²) in [5.41, 5.74) is -1.03. The molecule has 0 saturated heterocycles. The molecule has 0 amide bonds. The van der Waals surface area contributed by atoms with E-state index in [1.54, 1.807) is 27.7 Å². The van der Waals surface area contributed by atoms with E-state index in [1.165, 1.54) is 10.7 Å². The van der Waals surface area contributed by atoms with Gasteiger partial charge < -0.3 is 5.11 Å². The third-order valence-corrected chi connectivity index (χ3v) is 3.50. The fourth-order valence-electron chi connectivity index (χ4n) is 1.93. The molecule has 1 aromatic carbocycles. The molecule has 0 radical (unpaired) electrons. The third-order valence-electron chi connectivity index (χ3n) is 3.03. The minimum Gasteiger partial charge on any atom is -0.508 e. The lowest BCUT2D eigenvalue weighted by Crippen LogP contribution is -2.39. The van der Waals surface area contributed by atoms with Crippen LogP contribution in [0.15, 0.2) is 15.7 Å². The van der Waals surface area contributed by atoms with Gasteiger partial charge in [-0.15, -0.1) is 0 Å². The molecule has 1 aromatic heterocycles. The molecule has 102 valence electrons. The lowest BCUT2D eigenvalue weighted by atomic mass is 10.1. The van der Waals surface area contributed by atoms with Gasteiger partial charge in [0.1, 0.15) is 5.75 Å². The average Bonchev–Trinajstić information content (AvgIpc) is 2.28. The van der Waals surface area contributed by atoms with Crippen LogP contribution in [0.1, 0.15) is 26.3 Å². The lowest BCUT2D eigenvalue weighted by Gasteiger charge is -2.22. The van der Waals surface area contributed by atoms with Gasteiger partial charge >= 0.3 is 0 Å². The van der Waals surface area contributed by atoms with Crippen molar-refractivity contribution in [3.63, 3.8) is 0 Å². The zero-order valence-electron chi connectivity index (χ0n) is 11.2. The van der Waals surface area contributed by atoms with Gasteiger partial charge in [-0.1, -0.05) is 11.6 Å². The summed E-state index contributed by atoms with van der Waals surface area (Å²) in [5, 5.41) is 12.6. The van der Waals surface area contributed by atoms with Crippen molar-refractivity contribution in [1.82, 2.24) is 9.78 Å². The summed E-state index contributed by atoms with van der Waals surface area (Å²) in [6.45, 7) is 6.98. The molecule has 0 atom stereocenters. The zero-order valence-corrected chi connectivity index (χ0v) is 11.9. The Morgan fingerprint density at radius 2 is 1.89 bits per heavy atom. The van der Waals surface area contributed by atoms with Crippen LogP contribution in [0, 0.1) is 6.92 Å². The van der Waals surface area contributed by atoms with E-state index >= 15 is 0 Å². The fraction of sp³-hybridized carbons (Fsp3) is 0.385. The number of rotatable bonds is 0. The number of halogens is 1. The standard InChI is InChI=1S/C13H15ClN2O3/c1-6-8(17)5-7-9(10(6)14)11(18)15-16(12(7)19)13(2,3)4/h5,17H,1-4H3,(H,15,18). The number of aromatic nitrogens is 2. The number of nitrogens with zero attached hydrogens (tertiary/aromatic N) is 1. The van der Waals surface area contributed by atoms with Gasteiger partial charge in [0.05, 0.1) is 21.3 Å². The smallest absolute Gasteiger partial charge is 0.273 e. The summed E-state index contributed by atoms with van der Waals surface area (Å²) in [5.74, 6) is -0.0966. The molecule has 2 aromatic rings. The molecule has 2 N–H and O–H groups in total. The maximum absolute atomic E-state index is 12.4. The minimum absolute atomic E-state index is 0.0966. The number of aromatic amines is 1. The fourth-order valence-corrected chi connectivity index (χ4v) is 2.21. The van der Waals surface area contributed by atoms with E-state index in [0.717, 1.165) is 0 Å². The van der Waals surface area contributed by atoms with Gasteiger partial charge in [0.15, 0.2) is 0 Å². The second-order valence-electron chi connectivity index (χ2n) is 5.51. The number of hydrogen-bond donors (Lipinski definition) is 2. The van der Waals surface area contributed by atoms with Crippen molar-refractivity contribution in [3.05, 3.63) is 37.4 Å². The quantitative estimate of drug-likeness (QED) is 0.777. The molecule has 0 spiro atoms. The largest absolute Gasteiger partial charge is 0.508 e. The molecule has 0 bridgehead atoms. The first kappa shape index (κ1) is 13.7. The van der Waals surface area contributed by atoms with Crippen molar-refractivity contribution in [2.75, 3.05) is 0 Å². The number of phenolic OH excluding ortho intramolecular Hbond substituents is 1. The predicted molar refractivity (Wildman–Crippen MR) is 75.2 cm³/mol. The Bertz CT molecular complexity index is 782. The van der Waals surface area contributed by atoms with Gasteiger partial charge in [-0.2, -0.15) is 0 Å². The highest BCUT2D eigenvalue weighted by atomic mass is 35.5. The van der Waals surface area contributed by atoms with Gasteiger partial charge in [0.2, 0.25) is 0 Å². The first-order chi connectivity index (χ1) is 8.64. The molecule has 5 nitrogen and oxygen atoms in total. The van der Waals surface area contributed by atoms with Crippen LogP contribution in [0.3, 0.4) is 0 Å². The van der Waals surface area contributed by atoms with Crippen molar-refractivity contribution in [1.29, 1.82) is 0 Å². The van der Waals surface area contributed by atoms with Crippen LogP contribution in [0.4, 0.5) is 0 Å². The molecule has 0 aliphatic carbocycles. The Balaban J connectivity index is 3.09. The van der Waals surface area contributed by atoms with Crippen molar-refractivity contribution >= 4 is 22.4 Å². The molecule has 19 heavy (non-hydrogen) atoms. The first-order valence-corrected chi connectivity index (χ1v) is 6.20. The number of H-pyrrole nitrogens is 1. The number of aromatic hydroxyl groups is 1. The first-order valence-electron chi connectivity index (χ1n) is 5.82. The lowest BCUT2D eigenvalue weighted by molar-refractivity contribution is 0.337. The molecule has 2 rings (SSSR count). The average molecular weight is 283 g/mol. The number of phenols is 1. The van der Waals surface area contributed by atoms with E-state index in [-0.39, 0.29) is 27.1 Å². The zero-order chi connectivity index (χ0) is 14.5. The van der Waals surface area contributed by atoms with Gasteiger partial charge in [-0.25, -0.2) is 4.68 Å². The predicted octanol–water partition coefficient (Wildman–Crippen LogP) is 2.11. The maximum Gasteiger partial charge on any atom is 0.273 e. The van der Waals surface area contributed by atoms with Crippen LogP contribution >= 0.6 is 11.6 Å². The van der Waals surface area contributed by atoms with E-state index in [1.807, 2.05) is 0 Å². The Morgan fingerprint density at radius 3 is 2.42 bits per heavy atom. The molecule has 1 heterocycles. The molecular weight excluding hydrogens is 268 g/mol. The van der Waals surface area contributed by atoms with Crippen LogP contribution in [0.5, 0.6) is 5.75 Å². The molecule has 0 aliphatic heterocycles. The van der Waals surface area contributed by atoms with E-state index in [0.29, 0.717) is 5.56 Å². The highest BCUT2D eigenvalue weighted by Gasteiger charge is 2.21. The van der Waals surface area contributed by atoms with Crippen molar-refractivity contribution in [3.8, 4) is 5.75 Å². The van der Waals surface area contributed by atoms with E-state index in [4.69, 9.17) is 11.6 Å². The van der Waals surface area contributed by atoms with Crippen LogP contribution < -0.4 is 11.1 Å². The Kier molecular flexibility index (Phi) is 2.97. The molecule has 6 heteroatoms. The van der Waals surface area contributed by atoms with Crippen LogP contribution in [-0.4, -0.2) is 14.9 Å². The summed E-state index contributed by atoms with van der Waals surface area (Å²) < 4.78 is 1.24. The Labute approximate surface area is 114 Å². The Hall–Kier alpha value is -1.75. The monoisotopic (exact) mass is 282 g/mol. The minimum atomic E-state index is -0.572. The second kappa shape index (κ2) is 4.13. The number of hydrogen-bond acceptors (Lipinski definition) is 3. The highest BCUT2D eigenvalue weighted by Crippen LogP contribution is 2.30. The topological polar surface area (TPSA) is 75.1 Å². The molecule has 0 fully saturated rings. The second-order valence-corrected chi connectivity index (χ2v) is 5.89. The molecule has 0 aliphatic rings. The molecular formula is C13H15ClN2O3. The summed E-state index contributed by atoms with van der Waals surface area (Å²) in [6.07, 6.45) is 0. The molecule has 0 unspecified atom stereocenters. The van der Waals surface area contributed by atoms with E-state index in [2.05, 4.69) is 5.10 Å². The SMILES string of the molecule is Cc1c(O)cc2c(=O)n(C(C)(C)C)[nH]c(=O)c2c1Cl. The van der Waals surface area contributed by atoms with Crippen molar-refractivity contribution in [2.24, 2.45) is 0 Å². The summed E-state index contributed by atoms with van der Waals surface area (Å²) in [6, 6.07) is 1.29. The van der Waals surface area contributed by atoms with Gasteiger partial charge in [-0.05, 0) is 33.8 Å². The van der Waals surface area contributed by atoms with Crippen molar-refractivity contribution in [2.45, 2.75) is 33.2 Å². The van der Waals surface area contributed by atoms with Gasteiger partial charge in [0.25, 0.3) is 11.1 Å². The van der Waals surface area contributed by atoms with E-state index < -0.39 is 11.1 Å². The van der Waals surface area contributed by atoms with Crippen LogP contribution in [0.2, 0.25) is 5.02 Å². The van der Waals surface area contributed by atoms with Crippen molar-refractivity contribution < 1.29 is 5.11 Å². The van der Waals surface area contributed by atoms with Gasteiger partial charge in [-0.3, -0.25) is 14.7 Å². The highest BCUT2D eigenvalue weighted by molar-refractivity contribution is 6.36. The van der Waals surface area contributed by atoms with E-state index in [9.17, 15) is 14.7 Å².